The molecule has 4 aromatic rings. The van der Waals surface area contributed by atoms with Crippen molar-refractivity contribution in [3.05, 3.63) is 136 Å². The van der Waals surface area contributed by atoms with Crippen LogP contribution in [0.4, 0.5) is 0 Å². The summed E-state index contributed by atoms with van der Waals surface area (Å²) in [5.41, 5.74) is 8.34. The first kappa shape index (κ1) is 24.8. The quantitative estimate of drug-likeness (QED) is 0.285. The van der Waals surface area contributed by atoms with Crippen molar-refractivity contribution in [2.75, 3.05) is 20.8 Å². The Bertz CT molecular complexity index is 1810. The van der Waals surface area contributed by atoms with Crippen LogP contribution in [-0.2, 0) is 11.8 Å². The highest BCUT2D eigenvalue weighted by Crippen LogP contribution is 2.62. The average Bonchev–Trinajstić information content (AvgIpc) is 3.24. The Morgan fingerprint density at radius 2 is 1.37 bits per heavy atom. The fraction of sp³-hybridized carbons (Fsp3) is 0.167. The lowest BCUT2D eigenvalue weighted by atomic mass is 9.61. The largest absolute Gasteiger partial charge is 0.493 e. The Balaban J connectivity index is 1.65. The maximum absolute atomic E-state index is 11.0. The molecule has 0 saturated carbocycles. The van der Waals surface area contributed by atoms with Gasteiger partial charge in [0.25, 0.3) is 0 Å². The minimum Gasteiger partial charge on any atom is -0.493 e. The van der Waals surface area contributed by atoms with Crippen LogP contribution in [0.5, 0.6) is 11.5 Å². The molecule has 5 heteroatoms. The maximum Gasteiger partial charge on any atom is 0.161 e. The predicted octanol–water partition coefficient (Wildman–Crippen LogP) is 6.97. The summed E-state index contributed by atoms with van der Waals surface area (Å²) in [5.74, 6) is 1.03. The Morgan fingerprint density at radius 1 is 0.756 bits per heavy atom. The fourth-order valence-corrected chi connectivity index (χ4v) is 7.17. The molecule has 0 bridgehead atoms. The van der Waals surface area contributed by atoms with Gasteiger partial charge in [0, 0.05) is 23.7 Å². The highest BCUT2D eigenvalue weighted by atomic mass is 16.5. The van der Waals surface area contributed by atoms with Crippen LogP contribution in [0.1, 0.15) is 33.7 Å². The molecule has 4 aromatic carbocycles. The van der Waals surface area contributed by atoms with E-state index in [1.807, 2.05) is 59.5 Å². The van der Waals surface area contributed by atoms with E-state index in [0.717, 1.165) is 44.6 Å². The molecule has 0 saturated heterocycles. The second-order valence-corrected chi connectivity index (χ2v) is 10.6. The van der Waals surface area contributed by atoms with E-state index in [9.17, 15) is 10.5 Å². The lowest BCUT2D eigenvalue weighted by molar-refractivity contribution is 0.353. The smallest absolute Gasteiger partial charge is 0.161 e. The number of hydrogen-bond acceptors (Lipinski definition) is 5. The summed E-state index contributed by atoms with van der Waals surface area (Å²) in [7, 11) is 3.28. The molecule has 0 fully saturated rings. The zero-order chi connectivity index (χ0) is 28.1. The molecule has 1 aliphatic carbocycles. The molecule has 198 valence electrons. The van der Waals surface area contributed by atoms with Crippen molar-refractivity contribution in [2.24, 2.45) is 0 Å². The molecule has 3 aliphatic rings. The number of nitriles is 2. The van der Waals surface area contributed by atoms with E-state index in [1.54, 1.807) is 14.2 Å². The molecule has 2 aliphatic heterocycles. The summed E-state index contributed by atoms with van der Waals surface area (Å²) in [6.07, 6.45) is 2.98. The first-order chi connectivity index (χ1) is 20.2. The highest BCUT2D eigenvalue weighted by molar-refractivity contribution is 5.88. The Hall–Kier alpha value is -5.26. The lowest BCUT2D eigenvalue weighted by Crippen LogP contribution is -2.35. The van der Waals surface area contributed by atoms with Gasteiger partial charge in [-0.1, -0.05) is 84.9 Å². The van der Waals surface area contributed by atoms with E-state index < -0.39 is 5.41 Å². The van der Waals surface area contributed by atoms with Gasteiger partial charge in [0.2, 0.25) is 0 Å². The molecule has 0 unspecified atom stereocenters. The fourth-order valence-electron chi connectivity index (χ4n) is 7.17. The SMILES string of the molecule is COc1cc2c(cc1OC)C1=C[C@H](c3ccccc3)C3(C(C#N)=C(C#N)N1CC2)c1ccccc1-c1ccccc13. The summed E-state index contributed by atoms with van der Waals surface area (Å²) < 4.78 is 11.3. The van der Waals surface area contributed by atoms with Gasteiger partial charge in [-0.25, -0.2) is 0 Å². The third kappa shape index (κ3) is 3.33. The van der Waals surface area contributed by atoms with Crippen molar-refractivity contribution in [3.63, 3.8) is 0 Å². The lowest BCUT2D eigenvalue weighted by Gasteiger charge is -2.38. The van der Waals surface area contributed by atoms with Gasteiger partial charge in [-0.2, -0.15) is 10.5 Å². The summed E-state index contributed by atoms with van der Waals surface area (Å²) >= 11 is 0. The zero-order valence-electron chi connectivity index (χ0n) is 22.9. The Morgan fingerprint density at radius 3 is 1.98 bits per heavy atom. The van der Waals surface area contributed by atoms with Crippen molar-refractivity contribution in [1.82, 2.24) is 4.90 Å². The van der Waals surface area contributed by atoms with E-state index >= 15 is 0 Å². The normalized spacial score (nSPS) is 17.7. The van der Waals surface area contributed by atoms with Crippen LogP contribution in [0.3, 0.4) is 0 Å². The molecule has 5 nitrogen and oxygen atoms in total. The van der Waals surface area contributed by atoms with Crippen LogP contribution in [-0.4, -0.2) is 25.7 Å². The van der Waals surface area contributed by atoms with Crippen LogP contribution in [0, 0.1) is 22.7 Å². The number of hydrogen-bond donors (Lipinski definition) is 0. The summed E-state index contributed by atoms with van der Waals surface area (Å²) in [4.78, 5) is 2.04. The third-order valence-electron chi connectivity index (χ3n) is 8.84. The number of fused-ring (bicyclic) bond motifs is 8. The van der Waals surface area contributed by atoms with Crippen LogP contribution < -0.4 is 9.47 Å². The van der Waals surface area contributed by atoms with E-state index in [0.29, 0.717) is 35.7 Å². The Kier molecular flexibility index (Phi) is 5.70. The molecule has 2 heterocycles. The van der Waals surface area contributed by atoms with Crippen molar-refractivity contribution >= 4 is 5.70 Å². The monoisotopic (exact) mass is 533 g/mol. The first-order valence-corrected chi connectivity index (χ1v) is 13.7. The molecule has 1 spiro atoms. The highest BCUT2D eigenvalue weighted by Gasteiger charge is 2.54. The van der Waals surface area contributed by atoms with Gasteiger partial charge in [-0.05, 0) is 51.9 Å². The number of allylic oxidation sites excluding steroid dienone is 3. The molecule has 0 N–H and O–H groups in total. The van der Waals surface area contributed by atoms with E-state index in [1.165, 1.54) is 0 Å². The number of benzene rings is 4. The van der Waals surface area contributed by atoms with Gasteiger partial charge < -0.3 is 14.4 Å². The maximum atomic E-state index is 11.0. The minimum atomic E-state index is -0.893. The summed E-state index contributed by atoms with van der Waals surface area (Å²) in [5, 5.41) is 21.9. The van der Waals surface area contributed by atoms with Crippen molar-refractivity contribution in [1.29, 1.82) is 10.5 Å². The van der Waals surface area contributed by atoms with Gasteiger partial charge in [0.15, 0.2) is 11.5 Å². The number of rotatable bonds is 3. The number of ether oxygens (including phenoxy) is 2. The molecular formula is C36H27N3O2. The minimum absolute atomic E-state index is 0.273. The van der Waals surface area contributed by atoms with Crippen LogP contribution in [0.2, 0.25) is 0 Å². The van der Waals surface area contributed by atoms with E-state index in [-0.39, 0.29) is 5.92 Å². The molecule has 0 amide bonds. The van der Waals surface area contributed by atoms with E-state index in [2.05, 4.69) is 54.6 Å². The second kappa shape index (κ2) is 9.44. The summed E-state index contributed by atoms with van der Waals surface area (Å²) in [6, 6.07) is 36.1. The van der Waals surface area contributed by atoms with Gasteiger partial charge in [-0.15, -0.1) is 0 Å². The predicted molar refractivity (Wildman–Crippen MR) is 158 cm³/mol. The van der Waals surface area contributed by atoms with Crippen molar-refractivity contribution in [3.8, 4) is 34.8 Å². The van der Waals surface area contributed by atoms with Crippen LogP contribution >= 0.6 is 0 Å². The number of nitrogens with zero attached hydrogens (tertiary/aromatic N) is 3. The standard InChI is InChI=1S/C36H27N3O2/c1-40-34-18-24-16-17-39-32(27(24)19-35(34)41-2)20-30(23-10-4-3-5-11-23)36(31(21-37)33(39)22-38)28-14-8-6-12-25(28)26-13-7-9-15-29(26)36/h3-15,18-20,30H,16-17H2,1-2H3/t30-/m1/s1. The van der Waals surface area contributed by atoms with E-state index in [4.69, 9.17) is 9.47 Å². The first-order valence-electron chi connectivity index (χ1n) is 13.7. The molecule has 1 atom stereocenters. The second-order valence-electron chi connectivity index (χ2n) is 10.6. The molecule has 7 rings (SSSR count). The molecular weight excluding hydrogens is 506 g/mol. The topological polar surface area (TPSA) is 69.3 Å². The molecule has 0 aromatic heterocycles. The molecule has 0 radical (unpaired) electrons. The van der Waals surface area contributed by atoms with Crippen molar-refractivity contribution in [2.45, 2.75) is 17.8 Å². The summed E-state index contributed by atoms with van der Waals surface area (Å²) in [6.45, 7) is 0.573. The van der Waals surface area contributed by atoms with Crippen LogP contribution in [0.15, 0.2) is 108 Å². The average molecular weight is 534 g/mol. The van der Waals surface area contributed by atoms with Gasteiger partial charge in [0.05, 0.1) is 31.3 Å². The number of methoxy groups -OCH3 is 2. The Labute approximate surface area is 239 Å². The van der Waals surface area contributed by atoms with Gasteiger partial charge in [0.1, 0.15) is 11.8 Å². The third-order valence-corrected chi connectivity index (χ3v) is 8.84. The van der Waals surface area contributed by atoms with Crippen LogP contribution in [0.25, 0.3) is 16.8 Å². The molecule has 41 heavy (non-hydrogen) atoms. The zero-order valence-corrected chi connectivity index (χ0v) is 22.9. The van der Waals surface area contributed by atoms with Gasteiger partial charge in [-0.3, -0.25) is 0 Å². The van der Waals surface area contributed by atoms with Gasteiger partial charge >= 0.3 is 0 Å². The van der Waals surface area contributed by atoms with Crippen molar-refractivity contribution < 1.29 is 9.47 Å².